The van der Waals surface area contributed by atoms with Gasteiger partial charge in [0.25, 0.3) is 0 Å². The van der Waals surface area contributed by atoms with E-state index >= 15 is 0 Å². The number of aromatic nitrogens is 2. The fraction of sp³-hybridized carbons (Fsp3) is 0.167. The van der Waals surface area contributed by atoms with Crippen LogP contribution in [0.5, 0.6) is 0 Å². The SMILES string of the molecule is ClC1=Cc2[nH]ncc2C(Cl)O1. The Kier molecular flexibility index (Phi) is 1.55. The summed E-state index contributed by atoms with van der Waals surface area (Å²) in [6.45, 7) is 0. The van der Waals surface area contributed by atoms with Crippen LogP contribution in [-0.4, -0.2) is 10.2 Å². The summed E-state index contributed by atoms with van der Waals surface area (Å²) in [5, 5.41) is 6.82. The Balaban J connectivity index is 2.51. The molecular formula is C6H4Cl2N2O. The smallest absolute Gasteiger partial charge is 0.202 e. The molecule has 1 aliphatic rings. The largest absolute Gasteiger partial charge is 0.459 e. The predicted octanol–water partition coefficient (Wildman–Crippen LogP) is 2.21. The quantitative estimate of drug-likeness (QED) is 0.638. The fourth-order valence-electron chi connectivity index (χ4n) is 0.912. The van der Waals surface area contributed by atoms with Crippen LogP contribution in [0.15, 0.2) is 11.4 Å². The van der Waals surface area contributed by atoms with Crippen LogP contribution >= 0.6 is 23.2 Å². The second-order valence-electron chi connectivity index (χ2n) is 2.12. The van der Waals surface area contributed by atoms with E-state index in [2.05, 4.69) is 10.2 Å². The van der Waals surface area contributed by atoms with Crippen molar-refractivity contribution in [3.05, 3.63) is 22.7 Å². The summed E-state index contributed by atoms with van der Waals surface area (Å²) in [4.78, 5) is 0. The lowest BCUT2D eigenvalue weighted by Crippen LogP contribution is -2.00. The van der Waals surface area contributed by atoms with Crippen LogP contribution < -0.4 is 0 Å². The van der Waals surface area contributed by atoms with Crippen molar-refractivity contribution in [3.8, 4) is 0 Å². The Morgan fingerprint density at radius 2 is 2.45 bits per heavy atom. The molecule has 1 unspecified atom stereocenters. The van der Waals surface area contributed by atoms with Gasteiger partial charge in [0, 0.05) is 6.08 Å². The van der Waals surface area contributed by atoms with Gasteiger partial charge in [-0.2, -0.15) is 5.10 Å². The molecule has 2 rings (SSSR count). The topological polar surface area (TPSA) is 37.9 Å². The first-order chi connectivity index (χ1) is 5.27. The molecule has 1 aromatic heterocycles. The normalized spacial score (nSPS) is 22.0. The molecule has 1 aromatic rings. The maximum atomic E-state index is 5.78. The average molecular weight is 191 g/mol. The van der Waals surface area contributed by atoms with Gasteiger partial charge in [-0.15, -0.1) is 0 Å². The number of nitrogens with one attached hydrogen (secondary N) is 1. The minimum atomic E-state index is -0.527. The summed E-state index contributed by atoms with van der Waals surface area (Å²) >= 11 is 11.4. The Morgan fingerprint density at radius 3 is 3.27 bits per heavy atom. The van der Waals surface area contributed by atoms with Crippen molar-refractivity contribution < 1.29 is 4.74 Å². The number of halogens is 2. The van der Waals surface area contributed by atoms with Crippen molar-refractivity contribution in [2.45, 2.75) is 5.56 Å². The molecule has 1 N–H and O–H groups in total. The molecule has 0 spiro atoms. The highest BCUT2D eigenvalue weighted by molar-refractivity contribution is 6.31. The molecule has 0 saturated carbocycles. The predicted molar refractivity (Wildman–Crippen MR) is 42.1 cm³/mol. The summed E-state index contributed by atoms with van der Waals surface area (Å²) in [5.74, 6) is 0. The summed E-state index contributed by atoms with van der Waals surface area (Å²) < 4.78 is 5.00. The second kappa shape index (κ2) is 2.43. The van der Waals surface area contributed by atoms with Crippen molar-refractivity contribution in [1.82, 2.24) is 10.2 Å². The molecule has 0 aliphatic carbocycles. The Hall–Kier alpha value is -0.670. The van der Waals surface area contributed by atoms with Crippen LogP contribution in [0, 0.1) is 0 Å². The molecule has 1 atom stereocenters. The number of hydrogen-bond acceptors (Lipinski definition) is 2. The van der Waals surface area contributed by atoms with Crippen molar-refractivity contribution in [3.63, 3.8) is 0 Å². The number of rotatable bonds is 0. The van der Waals surface area contributed by atoms with Crippen LogP contribution in [0.4, 0.5) is 0 Å². The summed E-state index contributed by atoms with van der Waals surface area (Å²) in [7, 11) is 0. The number of ether oxygens (including phenoxy) is 1. The molecule has 0 fully saturated rings. The first-order valence-corrected chi connectivity index (χ1v) is 3.80. The molecule has 3 nitrogen and oxygen atoms in total. The van der Waals surface area contributed by atoms with E-state index in [0.717, 1.165) is 11.3 Å². The zero-order chi connectivity index (χ0) is 7.84. The van der Waals surface area contributed by atoms with Gasteiger partial charge in [-0.1, -0.05) is 11.6 Å². The van der Waals surface area contributed by atoms with Gasteiger partial charge in [-0.05, 0) is 11.6 Å². The molecule has 0 radical (unpaired) electrons. The van der Waals surface area contributed by atoms with Crippen LogP contribution in [0.2, 0.25) is 0 Å². The Labute approximate surface area is 72.9 Å². The van der Waals surface area contributed by atoms with Gasteiger partial charge in [0.15, 0.2) is 5.22 Å². The fourth-order valence-corrected chi connectivity index (χ4v) is 1.43. The minimum absolute atomic E-state index is 0.279. The third-order valence-electron chi connectivity index (χ3n) is 1.42. The molecule has 11 heavy (non-hydrogen) atoms. The standard InChI is InChI=1S/C6H4Cl2N2O/c7-5-1-4-3(2-9-10-4)6(8)11-5/h1-2,6H,(H,9,10). The first kappa shape index (κ1) is 7.00. The summed E-state index contributed by atoms with van der Waals surface area (Å²) in [5.41, 5.74) is 1.10. The van der Waals surface area contributed by atoms with Gasteiger partial charge in [0.1, 0.15) is 0 Å². The lowest BCUT2D eigenvalue weighted by molar-refractivity contribution is 0.205. The van der Waals surface area contributed by atoms with Crippen molar-refractivity contribution >= 4 is 29.3 Å². The molecule has 58 valence electrons. The summed E-state index contributed by atoms with van der Waals surface area (Å²) in [6, 6.07) is 0. The number of nitrogens with zero attached hydrogens (tertiary/aromatic N) is 1. The lowest BCUT2D eigenvalue weighted by Gasteiger charge is -2.14. The van der Waals surface area contributed by atoms with Crippen LogP contribution in [-0.2, 0) is 4.74 Å². The minimum Gasteiger partial charge on any atom is -0.459 e. The van der Waals surface area contributed by atoms with Gasteiger partial charge < -0.3 is 4.74 Å². The monoisotopic (exact) mass is 190 g/mol. The van der Waals surface area contributed by atoms with E-state index in [0.29, 0.717) is 0 Å². The van der Waals surface area contributed by atoms with Gasteiger partial charge in [0.2, 0.25) is 5.56 Å². The molecule has 1 aliphatic heterocycles. The average Bonchev–Trinajstić information content (AvgIpc) is 2.34. The maximum Gasteiger partial charge on any atom is 0.202 e. The summed E-state index contributed by atoms with van der Waals surface area (Å²) in [6.07, 6.45) is 3.26. The molecule has 0 bridgehead atoms. The molecule has 0 amide bonds. The number of aromatic amines is 1. The van der Waals surface area contributed by atoms with Gasteiger partial charge in [-0.25, -0.2) is 0 Å². The zero-order valence-electron chi connectivity index (χ0n) is 5.34. The van der Waals surface area contributed by atoms with Crippen LogP contribution in [0.3, 0.4) is 0 Å². The Bertz CT molecular complexity index is 307. The second-order valence-corrected chi connectivity index (χ2v) is 2.89. The maximum absolute atomic E-state index is 5.78. The van der Waals surface area contributed by atoms with Crippen molar-refractivity contribution in [2.75, 3.05) is 0 Å². The zero-order valence-corrected chi connectivity index (χ0v) is 6.86. The highest BCUT2D eigenvalue weighted by atomic mass is 35.5. The Morgan fingerprint density at radius 1 is 1.64 bits per heavy atom. The van der Waals surface area contributed by atoms with Gasteiger partial charge >= 0.3 is 0 Å². The van der Waals surface area contributed by atoms with E-state index in [9.17, 15) is 0 Å². The first-order valence-electron chi connectivity index (χ1n) is 2.98. The van der Waals surface area contributed by atoms with E-state index in [1.165, 1.54) is 0 Å². The third-order valence-corrected chi connectivity index (χ3v) is 1.94. The van der Waals surface area contributed by atoms with E-state index in [1.54, 1.807) is 12.3 Å². The third kappa shape index (κ3) is 1.10. The van der Waals surface area contributed by atoms with Crippen molar-refractivity contribution in [1.29, 1.82) is 0 Å². The number of H-pyrrole nitrogens is 1. The number of alkyl halides is 1. The van der Waals surface area contributed by atoms with E-state index in [-0.39, 0.29) is 5.22 Å². The van der Waals surface area contributed by atoms with E-state index in [4.69, 9.17) is 27.9 Å². The molecular weight excluding hydrogens is 187 g/mol. The highest BCUT2D eigenvalue weighted by Gasteiger charge is 2.20. The number of fused-ring (bicyclic) bond motifs is 1. The molecule has 0 aromatic carbocycles. The van der Waals surface area contributed by atoms with E-state index in [1.807, 2.05) is 0 Å². The molecule has 2 heterocycles. The molecule has 0 saturated heterocycles. The van der Waals surface area contributed by atoms with E-state index < -0.39 is 5.56 Å². The highest BCUT2D eigenvalue weighted by Crippen LogP contribution is 2.33. The van der Waals surface area contributed by atoms with Crippen LogP contribution in [0.1, 0.15) is 16.8 Å². The van der Waals surface area contributed by atoms with Gasteiger partial charge in [-0.3, -0.25) is 5.10 Å². The molecule has 5 heteroatoms. The number of hydrogen-bond donors (Lipinski definition) is 1. The van der Waals surface area contributed by atoms with Crippen LogP contribution in [0.25, 0.3) is 6.08 Å². The lowest BCUT2D eigenvalue weighted by atomic mass is 10.2. The van der Waals surface area contributed by atoms with Gasteiger partial charge in [0.05, 0.1) is 17.5 Å². The van der Waals surface area contributed by atoms with Crippen molar-refractivity contribution in [2.24, 2.45) is 0 Å².